The first-order valence-corrected chi connectivity index (χ1v) is 5.71. The van der Waals surface area contributed by atoms with Gasteiger partial charge in [0, 0.05) is 11.3 Å². The van der Waals surface area contributed by atoms with Crippen LogP contribution in [0.25, 0.3) is 0 Å². The summed E-state index contributed by atoms with van der Waals surface area (Å²) in [7, 11) is 1.69. The molecular weight excluding hydrogens is 254 g/mol. The molecule has 2 N–H and O–H groups in total. The Morgan fingerprint density at radius 1 is 1.33 bits per heavy atom. The zero-order valence-corrected chi connectivity index (χ0v) is 11.5. The van der Waals surface area contributed by atoms with Crippen LogP contribution in [0, 0.1) is 6.92 Å². The van der Waals surface area contributed by atoms with Gasteiger partial charge in [-0.15, -0.1) is 0 Å². The maximum absolute atomic E-state index is 5.96. The number of anilines is 1. The number of nitrogens with two attached hydrogens (primary N) is 1. The van der Waals surface area contributed by atoms with E-state index in [1.54, 1.807) is 7.11 Å². The molecule has 1 rings (SSSR count). The van der Waals surface area contributed by atoms with Gasteiger partial charge in [0.15, 0.2) is 0 Å². The molecule has 3 heteroatoms. The molecule has 15 heavy (non-hydrogen) atoms. The van der Waals surface area contributed by atoms with Crippen LogP contribution in [0.5, 0.6) is 5.75 Å². The van der Waals surface area contributed by atoms with Gasteiger partial charge in [0.05, 0.1) is 11.6 Å². The molecule has 0 radical (unpaired) electrons. The number of methoxy groups -OCH3 is 1. The van der Waals surface area contributed by atoms with Gasteiger partial charge >= 0.3 is 0 Å². The second kappa shape index (κ2) is 4.05. The maximum atomic E-state index is 5.96. The van der Waals surface area contributed by atoms with E-state index in [9.17, 15) is 0 Å². The van der Waals surface area contributed by atoms with E-state index in [0.29, 0.717) is 0 Å². The van der Waals surface area contributed by atoms with Crippen molar-refractivity contribution < 1.29 is 4.74 Å². The van der Waals surface area contributed by atoms with Crippen molar-refractivity contribution in [3.63, 3.8) is 0 Å². The Balaban J connectivity index is 3.53. The van der Waals surface area contributed by atoms with Crippen LogP contribution in [0.1, 0.15) is 31.9 Å². The zero-order chi connectivity index (χ0) is 11.8. The Hall–Kier alpha value is -0.700. The van der Waals surface area contributed by atoms with Crippen molar-refractivity contribution in [2.24, 2.45) is 0 Å². The summed E-state index contributed by atoms with van der Waals surface area (Å²) in [6.07, 6.45) is 0. The van der Waals surface area contributed by atoms with E-state index >= 15 is 0 Å². The molecule has 84 valence electrons. The maximum Gasteiger partial charge on any atom is 0.137 e. The van der Waals surface area contributed by atoms with Crippen LogP contribution in [0.4, 0.5) is 5.69 Å². The predicted molar refractivity (Wildman–Crippen MR) is 68.5 cm³/mol. The van der Waals surface area contributed by atoms with Crippen LogP contribution in [-0.2, 0) is 5.41 Å². The van der Waals surface area contributed by atoms with Crippen molar-refractivity contribution in [3.8, 4) is 5.75 Å². The van der Waals surface area contributed by atoms with Crippen molar-refractivity contribution >= 4 is 21.6 Å². The molecule has 1 aromatic rings. The van der Waals surface area contributed by atoms with Crippen LogP contribution in [0.2, 0.25) is 0 Å². The lowest BCUT2D eigenvalue weighted by Crippen LogP contribution is -2.14. The first-order valence-electron chi connectivity index (χ1n) is 4.92. The Bertz CT molecular complexity index is 380. The van der Waals surface area contributed by atoms with Gasteiger partial charge in [-0.25, -0.2) is 0 Å². The molecule has 0 fully saturated rings. The van der Waals surface area contributed by atoms with Crippen LogP contribution >= 0.6 is 15.9 Å². The molecule has 0 spiro atoms. The molecule has 0 atom stereocenters. The highest BCUT2D eigenvalue weighted by atomic mass is 79.9. The van der Waals surface area contributed by atoms with Crippen molar-refractivity contribution in [3.05, 3.63) is 21.7 Å². The molecule has 0 saturated heterocycles. The van der Waals surface area contributed by atoms with Crippen LogP contribution in [0.15, 0.2) is 10.5 Å². The zero-order valence-electron chi connectivity index (χ0n) is 9.94. The smallest absolute Gasteiger partial charge is 0.137 e. The van der Waals surface area contributed by atoms with Crippen LogP contribution in [-0.4, -0.2) is 7.11 Å². The quantitative estimate of drug-likeness (QED) is 0.792. The summed E-state index contributed by atoms with van der Waals surface area (Å²) in [5, 5.41) is 0. The van der Waals surface area contributed by atoms with Gasteiger partial charge in [-0.1, -0.05) is 20.8 Å². The second-order valence-corrected chi connectivity index (χ2v) is 5.53. The topological polar surface area (TPSA) is 35.2 Å². The van der Waals surface area contributed by atoms with Gasteiger partial charge in [0.25, 0.3) is 0 Å². The molecular formula is C12H18BrNO. The highest BCUT2D eigenvalue weighted by Gasteiger charge is 2.22. The summed E-state index contributed by atoms with van der Waals surface area (Å²) < 4.78 is 6.39. The molecule has 0 bridgehead atoms. The molecule has 0 heterocycles. The number of hydrogen-bond acceptors (Lipinski definition) is 2. The molecule has 0 aliphatic carbocycles. The van der Waals surface area contributed by atoms with Crippen LogP contribution < -0.4 is 10.5 Å². The van der Waals surface area contributed by atoms with E-state index in [1.807, 2.05) is 13.0 Å². The fourth-order valence-electron chi connectivity index (χ4n) is 1.50. The lowest BCUT2D eigenvalue weighted by Gasteiger charge is -2.24. The van der Waals surface area contributed by atoms with Crippen molar-refractivity contribution in [2.45, 2.75) is 33.1 Å². The van der Waals surface area contributed by atoms with Gasteiger partial charge < -0.3 is 10.5 Å². The second-order valence-electron chi connectivity index (χ2n) is 4.74. The van der Waals surface area contributed by atoms with Gasteiger partial charge in [-0.2, -0.15) is 0 Å². The Kier molecular flexibility index (Phi) is 3.34. The number of halogens is 1. The monoisotopic (exact) mass is 271 g/mol. The van der Waals surface area contributed by atoms with Crippen molar-refractivity contribution in [1.29, 1.82) is 0 Å². The number of nitrogen functional groups attached to an aromatic ring is 1. The average Bonchev–Trinajstić information content (AvgIpc) is 2.12. The lowest BCUT2D eigenvalue weighted by molar-refractivity contribution is 0.394. The van der Waals surface area contributed by atoms with E-state index in [2.05, 4.69) is 36.7 Å². The summed E-state index contributed by atoms with van der Waals surface area (Å²) in [5.41, 5.74) is 8.93. The highest BCUT2D eigenvalue weighted by Crippen LogP contribution is 2.41. The Labute approximate surface area is 99.9 Å². The normalized spacial score (nSPS) is 11.6. The minimum atomic E-state index is 0.0235. The largest absolute Gasteiger partial charge is 0.495 e. The Morgan fingerprint density at radius 3 is 2.27 bits per heavy atom. The molecule has 1 aromatic carbocycles. The molecule has 0 unspecified atom stereocenters. The van der Waals surface area contributed by atoms with E-state index in [-0.39, 0.29) is 5.41 Å². The third kappa shape index (κ3) is 2.28. The van der Waals surface area contributed by atoms with Crippen molar-refractivity contribution in [1.82, 2.24) is 0 Å². The van der Waals surface area contributed by atoms with Gasteiger partial charge in [0.2, 0.25) is 0 Å². The first-order chi connectivity index (χ1) is 6.79. The van der Waals surface area contributed by atoms with E-state index < -0.39 is 0 Å². The highest BCUT2D eigenvalue weighted by molar-refractivity contribution is 9.10. The number of hydrogen-bond donors (Lipinski definition) is 1. The lowest BCUT2D eigenvalue weighted by atomic mass is 9.85. The van der Waals surface area contributed by atoms with E-state index in [4.69, 9.17) is 10.5 Å². The molecule has 0 amide bonds. The molecule has 0 aliphatic rings. The standard InChI is InChI=1S/C12H18BrNO/c1-7-9(14)6-8(12(2,3)4)11(15-5)10(7)13/h6H,14H2,1-5H3. The molecule has 2 nitrogen and oxygen atoms in total. The van der Waals surface area contributed by atoms with E-state index in [0.717, 1.165) is 27.0 Å². The number of ether oxygens (including phenoxy) is 1. The van der Waals surface area contributed by atoms with E-state index in [1.165, 1.54) is 0 Å². The average molecular weight is 272 g/mol. The summed E-state index contributed by atoms with van der Waals surface area (Å²) >= 11 is 3.53. The first kappa shape index (κ1) is 12.4. The molecule has 0 saturated carbocycles. The summed E-state index contributed by atoms with van der Waals surface area (Å²) in [6.45, 7) is 8.42. The number of benzene rings is 1. The Morgan fingerprint density at radius 2 is 1.87 bits per heavy atom. The fraction of sp³-hybridized carbons (Fsp3) is 0.500. The fourth-order valence-corrected chi connectivity index (χ4v) is 2.11. The van der Waals surface area contributed by atoms with Gasteiger partial charge in [0.1, 0.15) is 5.75 Å². The third-order valence-electron chi connectivity index (χ3n) is 2.52. The number of rotatable bonds is 1. The predicted octanol–water partition coefficient (Wildman–Crippen LogP) is 3.65. The summed E-state index contributed by atoms with van der Waals surface area (Å²) in [5.74, 6) is 0.884. The summed E-state index contributed by atoms with van der Waals surface area (Å²) in [6, 6.07) is 2.00. The molecule has 0 aromatic heterocycles. The van der Waals surface area contributed by atoms with Crippen LogP contribution in [0.3, 0.4) is 0 Å². The van der Waals surface area contributed by atoms with Gasteiger partial charge in [-0.05, 0) is 39.9 Å². The SMILES string of the molecule is COc1c(C(C)(C)C)cc(N)c(C)c1Br. The van der Waals surface area contributed by atoms with Crippen molar-refractivity contribution in [2.75, 3.05) is 12.8 Å². The molecule has 0 aliphatic heterocycles. The third-order valence-corrected chi connectivity index (χ3v) is 3.47. The minimum Gasteiger partial charge on any atom is -0.495 e. The van der Waals surface area contributed by atoms with Gasteiger partial charge in [-0.3, -0.25) is 0 Å². The minimum absolute atomic E-state index is 0.0235. The summed E-state index contributed by atoms with van der Waals surface area (Å²) in [4.78, 5) is 0.